The Bertz CT molecular complexity index is 590. The lowest BCUT2D eigenvalue weighted by Crippen LogP contribution is -2.01. The summed E-state index contributed by atoms with van der Waals surface area (Å²) in [5, 5.41) is 12.4. The average Bonchev–Trinajstić information content (AvgIpc) is 2.38. The summed E-state index contributed by atoms with van der Waals surface area (Å²) < 4.78 is 0.952. The molecule has 0 saturated heterocycles. The Kier molecular flexibility index (Phi) is 4.19. The van der Waals surface area contributed by atoms with Gasteiger partial charge in [0.2, 0.25) is 0 Å². The molecule has 1 heterocycles. The van der Waals surface area contributed by atoms with Gasteiger partial charge in [-0.1, -0.05) is 11.6 Å². The Hall–Kier alpha value is -1.57. The Labute approximate surface area is 119 Å². The van der Waals surface area contributed by atoms with E-state index in [0.717, 1.165) is 15.9 Å². The van der Waals surface area contributed by atoms with Crippen molar-refractivity contribution < 1.29 is 0 Å². The van der Waals surface area contributed by atoms with Crippen LogP contribution in [0.4, 0.5) is 5.69 Å². The van der Waals surface area contributed by atoms with Gasteiger partial charge in [-0.15, -0.1) is 0 Å². The van der Waals surface area contributed by atoms with E-state index >= 15 is 0 Å². The van der Waals surface area contributed by atoms with Crippen LogP contribution >= 0.6 is 27.5 Å². The predicted molar refractivity (Wildman–Crippen MR) is 75.4 cm³/mol. The maximum Gasteiger partial charge on any atom is 0.101 e. The molecule has 0 spiro atoms. The lowest BCUT2D eigenvalue weighted by atomic mass is 10.2. The minimum Gasteiger partial charge on any atom is -0.379 e. The number of benzene rings is 1. The second-order valence-electron chi connectivity index (χ2n) is 3.63. The maximum absolute atomic E-state index is 8.77. The minimum atomic E-state index is 0.450. The third-order valence-electron chi connectivity index (χ3n) is 2.35. The van der Waals surface area contributed by atoms with Crippen LogP contribution in [0.3, 0.4) is 0 Å². The highest BCUT2D eigenvalue weighted by molar-refractivity contribution is 9.10. The first-order valence-electron chi connectivity index (χ1n) is 5.23. The number of aromatic nitrogens is 1. The SMILES string of the molecule is N#Cc1ccc(NCc2ccc(Br)cn2)cc1Cl. The van der Waals surface area contributed by atoms with Crippen LogP contribution in [-0.2, 0) is 6.54 Å². The molecule has 1 aromatic heterocycles. The zero-order chi connectivity index (χ0) is 13.0. The molecule has 0 aliphatic heterocycles. The smallest absolute Gasteiger partial charge is 0.101 e. The molecule has 0 fully saturated rings. The van der Waals surface area contributed by atoms with E-state index in [1.165, 1.54) is 0 Å². The van der Waals surface area contributed by atoms with Crippen molar-refractivity contribution in [2.75, 3.05) is 5.32 Å². The summed E-state index contributed by atoms with van der Waals surface area (Å²) in [7, 11) is 0. The molecule has 2 aromatic rings. The number of hydrogen-bond acceptors (Lipinski definition) is 3. The van der Waals surface area contributed by atoms with Gasteiger partial charge < -0.3 is 5.32 Å². The second kappa shape index (κ2) is 5.85. The van der Waals surface area contributed by atoms with E-state index in [0.29, 0.717) is 17.1 Å². The third-order valence-corrected chi connectivity index (χ3v) is 3.13. The maximum atomic E-state index is 8.77. The van der Waals surface area contributed by atoms with Crippen LogP contribution in [0.15, 0.2) is 41.0 Å². The Morgan fingerprint density at radius 2 is 2.17 bits per heavy atom. The molecule has 5 heteroatoms. The molecule has 1 aromatic carbocycles. The van der Waals surface area contributed by atoms with Crippen molar-refractivity contribution in [3.05, 3.63) is 57.3 Å². The summed E-state index contributed by atoms with van der Waals surface area (Å²) in [6.07, 6.45) is 1.75. The van der Waals surface area contributed by atoms with Gasteiger partial charge in [-0.25, -0.2) is 0 Å². The molecule has 0 radical (unpaired) electrons. The molecule has 0 atom stereocenters. The van der Waals surface area contributed by atoms with Crippen LogP contribution in [0.1, 0.15) is 11.3 Å². The van der Waals surface area contributed by atoms with Crippen LogP contribution in [0.2, 0.25) is 5.02 Å². The fraction of sp³-hybridized carbons (Fsp3) is 0.0769. The molecule has 0 aliphatic rings. The standard InChI is InChI=1S/C13H9BrClN3/c14-10-2-4-12(17-7-10)8-18-11-3-1-9(6-16)13(15)5-11/h1-5,7,18H,8H2. The van der Waals surface area contributed by atoms with Crippen LogP contribution < -0.4 is 5.32 Å². The van der Waals surface area contributed by atoms with Gasteiger partial charge in [0.15, 0.2) is 0 Å². The van der Waals surface area contributed by atoms with E-state index in [2.05, 4.69) is 26.2 Å². The van der Waals surface area contributed by atoms with Gasteiger partial charge in [0.25, 0.3) is 0 Å². The van der Waals surface area contributed by atoms with Gasteiger partial charge in [0.1, 0.15) is 6.07 Å². The second-order valence-corrected chi connectivity index (χ2v) is 4.95. The van der Waals surface area contributed by atoms with Gasteiger partial charge >= 0.3 is 0 Å². The van der Waals surface area contributed by atoms with Crippen LogP contribution in [0.25, 0.3) is 0 Å². The molecular weight excluding hydrogens is 314 g/mol. The molecular formula is C13H9BrClN3. The predicted octanol–water partition coefficient (Wildman–Crippen LogP) is 3.98. The highest BCUT2D eigenvalue weighted by Crippen LogP contribution is 2.20. The summed E-state index contributed by atoms with van der Waals surface area (Å²) in [6.45, 7) is 0.607. The molecule has 90 valence electrons. The van der Waals surface area contributed by atoms with Crippen molar-refractivity contribution in [3.63, 3.8) is 0 Å². The number of nitriles is 1. The zero-order valence-corrected chi connectivity index (χ0v) is 11.7. The van der Waals surface area contributed by atoms with Gasteiger partial charge in [-0.3, -0.25) is 4.98 Å². The number of nitrogens with one attached hydrogen (secondary N) is 1. The highest BCUT2D eigenvalue weighted by Gasteiger charge is 2.01. The minimum absolute atomic E-state index is 0.450. The lowest BCUT2D eigenvalue weighted by molar-refractivity contribution is 1.04. The zero-order valence-electron chi connectivity index (χ0n) is 9.32. The average molecular weight is 323 g/mol. The van der Waals surface area contributed by atoms with E-state index in [1.54, 1.807) is 18.3 Å². The van der Waals surface area contributed by atoms with Crippen molar-refractivity contribution in [3.8, 4) is 6.07 Å². The normalized spacial score (nSPS) is 9.83. The molecule has 0 aliphatic carbocycles. The molecule has 1 N–H and O–H groups in total. The first-order valence-corrected chi connectivity index (χ1v) is 6.40. The summed E-state index contributed by atoms with van der Waals surface area (Å²) in [6, 6.07) is 11.2. The van der Waals surface area contributed by atoms with Gasteiger partial charge in [0, 0.05) is 16.4 Å². The molecule has 3 nitrogen and oxygen atoms in total. The number of rotatable bonds is 3. The van der Waals surface area contributed by atoms with Crippen LogP contribution in [-0.4, -0.2) is 4.98 Å². The Morgan fingerprint density at radius 3 is 2.78 bits per heavy atom. The van der Waals surface area contributed by atoms with Gasteiger partial charge in [-0.05, 0) is 46.3 Å². The summed E-state index contributed by atoms with van der Waals surface area (Å²) in [4.78, 5) is 4.25. The molecule has 0 unspecified atom stereocenters. The number of anilines is 1. The van der Waals surface area contributed by atoms with E-state index < -0.39 is 0 Å². The third kappa shape index (κ3) is 3.22. The van der Waals surface area contributed by atoms with E-state index in [4.69, 9.17) is 16.9 Å². The first kappa shape index (κ1) is 12.9. The number of nitrogens with zero attached hydrogens (tertiary/aromatic N) is 2. The van der Waals surface area contributed by atoms with Crippen molar-refractivity contribution in [2.45, 2.75) is 6.54 Å². The highest BCUT2D eigenvalue weighted by atomic mass is 79.9. The molecule has 2 rings (SSSR count). The summed E-state index contributed by atoms with van der Waals surface area (Å²) >= 11 is 9.28. The molecule has 0 saturated carbocycles. The fourth-order valence-electron chi connectivity index (χ4n) is 1.42. The molecule has 0 amide bonds. The Balaban J connectivity index is 2.04. The quantitative estimate of drug-likeness (QED) is 0.930. The van der Waals surface area contributed by atoms with Crippen molar-refractivity contribution in [2.24, 2.45) is 0 Å². The lowest BCUT2D eigenvalue weighted by Gasteiger charge is -2.07. The van der Waals surface area contributed by atoms with Crippen molar-refractivity contribution in [1.82, 2.24) is 4.98 Å². The molecule has 0 bridgehead atoms. The van der Waals surface area contributed by atoms with Crippen molar-refractivity contribution in [1.29, 1.82) is 5.26 Å². The fourth-order valence-corrected chi connectivity index (χ4v) is 1.88. The number of hydrogen-bond donors (Lipinski definition) is 1. The monoisotopic (exact) mass is 321 g/mol. The Morgan fingerprint density at radius 1 is 1.33 bits per heavy atom. The van der Waals surface area contributed by atoms with E-state index in [-0.39, 0.29) is 0 Å². The summed E-state index contributed by atoms with van der Waals surface area (Å²) in [5.41, 5.74) is 2.27. The largest absolute Gasteiger partial charge is 0.379 e. The van der Waals surface area contributed by atoms with E-state index in [9.17, 15) is 0 Å². The summed E-state index contributed by atoms with van der Waals surface area (Å²) in [5.74, 6) is 0. The van der Waals surface area contributed by atoms with Crippen LogP contribution in [0, 0.1) is 11.3 Å². The molecule has 18 heavy (non-hydrogen) atoms. The first-order chi connectivity index (χ1) is 8.69. The number of pyridine rings is 1. The van der Waals surface area contributed by atoms with Crippen molar-refractivity contribution >= 4 is 33.2 Å². The number of halogens is 2. The van der Waals surface area contributed by atoms with Gasteiger partial charge in [-0.2, -0.15) is 5.26 Å². The topological polar surface area (TPSA) is 48.7 Å². The van der Waals surface area contributed by atoms with Crippen LogP contribution in [0.5, 0.6) is 0 Å². The van der Waals surface area contributed by atoms with Gasteiger partial charge in [0.05, 0.1) is 22.8 Å². The van der Waals surface area contributed by atoms with E-state index in [1.807, 2.05) is 24.3 Å².